The Morgan fingerprint density at radius 3 is 2.53 bits per heavy atom. The van der Waals surface area contributed by atoms with E-state index in [1.54, 1.807) is 17.1 Å². The number of nitrogen functional groups attached to an aromatic ring is 1. The standard InChI is InChI=1S/C27H26N8O/c1-16-7-5-13-30-24(16)27(2,3)33-26(36)23-25(28)32-22(20-11-14-35(4)34-20)21(31-23)18-9-10-19-17(15-18)8-6-12-29-19/h5-15H,1-4H3,(H2,28,32)(H,33,36). The van der Waals surface area contributed by atoms with Crippen molar-refractivity contribution >= 4 is 22.6 Å². The van der Waals surface area contributed by atoms with E-state index >= 15 is 0 Å². The highest BCUT2D eigenvalue weighted by Gasteiger charge is 2.29. The SMILES string of the molecule is Cc1cccnc1C(C)(C)NC(=O)c1nc(-c2ccc3ncccc3c2)c(-c2ccn(C)n2)nc1N. The molecule has 5 rings (SSSR count). The summed E-state index contributed by atoms with van der Waals surface area (Å²) in [5.41, 5.74) is 10.5. The molecule has 1 amide bonds. The molecule has 0 radical (unpaired) electrons. The molecule has 3 N–H and O–H groups in total. The second-order valence-electron chi connectivity index (χ2n) is 9.19. The van der Waals surface area contributed by atoms with E-state index in [4.69, 9.17) is 10.7 Å². The van der Waals surface area contributed by atoms with Crippen LogP contribution in [0.4, 0.5) is 5.82 Å². The van der Waals surface area contributed by atoms with Gasteiger partial charge in [0.1, 0.15) is 11.4 Å². The summed E-state index contributed by atoms with van der Waals surface area (Å²) in [4.78, 5) is 31.7. The lowest BCUT2D eigenvalue weighted by atomic mass is 9.95. The van der Waals surface area contributed by atoms with Crippen LogP contribution in [0.5, 0.6) is 0 Å². The molecular formula is C27H26N8O. The highest BCUT2D eigenvalue weighted by Crippen LogP contribution is 2.32. The van der Waals surface area contributed by atoms with Crippen molar-refractivity contribution in [3.8, 4) is 22.6 Å². The highest BCUT2D eigenvalue weighted by atomic mass is 16.2. The third-order valence-electron chi connectivity index (χ3n) is 6.00. The summed E-state index contributed by atoms with van der Waals surface area (Å²) in [5.74, 6) is -0.417. The number of carbonyl (C=O) groups is 1. The van der Waals surface area contributed by atoms with Crippen molar-refractivity contribution in [1.29, 1.82) is 0 Å². The quantitative estimate of drug-likeness (QED) is 0.390. The molecule has 4 aromatic heterocycles. The molecule has 0 aliphatic carbocycles. The maximum Gasteiger partial charge on any atom is 0.274 e. The molecule has 1 aromatic carbocycles. The Balaban J connectivity index is 1.62. The fourth-order valence-corrected chi connectivity index (χ4v) is 4.30. The number of aryl methyl sites for hydroxylation is 2. The van der Waals surface area contributed by atoms with Gasteiger partial charge in [0.05, 0.1) is 22.4 Å². The second-order valence-corrected chi connectivity index (χ2v) is 9.19. The van der Waals surface area contributed by atoms with E-state index < -0.39 is 11.4 Å². The number of pyridine rings is 2. The molecule has 0 saturated carbocycles. The predicted molar refractivity (Wildman–Crippen MR) is 139 cm³/mol. The van der Waals surface area contributed by atoms with Crippen molar-refractivity contribution in [3.05, 3.63) is 84.1 Å². The lowest BCUT2D eigenvalue weighted by Gasteiger charge is -2.27. The van der Waals surface area contributed by atoms with Gasteiger partial charge in [-0.15, -0.1) is 0 Å². The first-order valence-electron chi connectivity index (χ1n) is 11.5. The van der Waals surface area contributed by atoms with Gasteiger partial charge in [-0.3, -0.25) is 19.4 Å². The fraction of sp³-hybridized carbons (Fsp3) is 0.185. The summed E-state index contributed by atoms with van der Waals surface area (Å²) in [5, 5.41) is 8.46. The fourth-order valence-electron chi connectivity index (χ4n) is 4.30. The van der Waals surface area contributed by atoms with Gasteiger partial charge in [-0.1, -0.05) is 18.2 Å². The molecule has 36 heavy (non-hydrogen) atoms. The number of nitrogens with two attached hydrogens (primary N) is 1. The van der Waals surface area contributed by atoms with E-state index in [9.17, 15) is 4.79 Å². The number of hydrogen-bond acceptors (Lipinski definition) is 7. The molecule has 180 valence electrons. The minimum absolute atomic E-state index is 0.0212. The Bertz CT molecular complexity index is 1610. The molecule has 9 heteroatoms. The van der Waals surface area contributed by atoms with Crippen LogP contribution in [0.2, 0.25) is 0 Å². The van der Waals surface area contributed by atoms with Crippen molar-refractivity contribution in [1.82, 2.24) is 35.0 Å². The molecule has 0 atom stereocenters. The van der Waals surface area contributed by atoms with Crippen molar-refractivity contribution in [2.45, 2.75) is 26.3 Å². The Kier molecular flexibility index (Phi) is 5.68. The average Bonchev–Trinajstić information content (AvgIpc) is 3.29. The van der Waals surface area contributed by atoms with Gasteiger partial charge < -0.3 is 11.1 Å². The van der Waals surface area contributed by atoms with Crippen LogP contribution in [0.25, 0.3) is 33.5 Å². The smallest absolute Gasteiger partial charge is 0.274 e. The number of fused-ring (bicyclic) bond motifs is 1. The van der Waals surface area contributed by atoms with Gasteiger partial charge in [0, 0.05) is 36.6 Å². The summed E-state index contributed by atoms with van der Waals surface area (Å²) in [6.45, 7) is 5.74. The maximum absolute atomic E-state index is 13.5. The predicted octanol–water partition coefficient (Wildman–Crippen LogP) is 4.04. The van der Waals surface area contributed by atoms with Gasteiger partial charge in [0.25, 0.3) is 5.91 Å². The molecule has 0 aliphatic rings. The first kappa shape index (κ1) is 23.1. The molecule has 0 bridgehead atoms. The molecule has 4 heterocycles. The monoisotopic (exact) mass is 478 g/mol. The van der Waals surface area contributed by atoms with E-state index in [1.165, 1.54) is 0 Å². The lowest BCUT2D eigenvalue weighted by Crippen LogP contribution is -2.42. The Morgan fingerprint density at radius 1 is 1.00 bits per heavy atom. The summed E-state index contributed by atoms with van der Waals surface area (Å²) in [6.07, 6.45) is 5.27. The van der Waals surface area contributed by atoms with Crippen LogP contribution < -0.4 is 11.1 Å². The van der Waals surface area contributed by atoms with Crippen LogP contribution in [0.1, 0.15) is 35.6 Å². The summed E-state index contributed by atoms with van der Waals surface area (Å²) >= 11 is 0. The van der Waals surface area contributed by atoms with E-state index in [2.05, 4.69) is 25.4 Å². The van der Waals surface area contributed by atoms with Crippen molar-refractivity contribution in [2.75, 3.05) is 5.73 Å². The minimum atomic E-state index is -0.759. The number of amides is 1. The van der Waals surface area contributed by atoms with Crippen molar-refractivity contribution in [2.24, 2.45) is 7.05 Å². The Labute approximate surface area is 208 Å². The van der Waals surface area contributed by atoms with E-state index in [0.29, 0.717) is 17.1 Å². The van der Waals surface area contributed by atoms with Gasteiger partial charge in [-0.05, 0) is 56.7 Å². The lowest BCUT2D eigenvalue weighted by molar-refractivity contribution is 0.0906. The molecule has 0 aliphatic heterocycles. The normalized spacial score (nSPS) is 11.6. The van der Waals surface area contributed by atoms with Gasteiger partial charge in [0.2, 0.25) is 0 Å². The largest absolute Gasteiger partial charge is 0.382 e. The number of aromatic nitrogens is 6. The number of anilines is 1. The highest BCUT2D eigenvalue weighted by molar-refractivity contribution is 5.98. The number of carbonyl (C=O) groups excluding carboxylic acids is 1. The Hall–Kier alpha value is -4.66. The minimum Gasteiger partial charge on any atom is -0.382 e. The van der Waals surface area contributed by atoms with Crippen LogP contribution in [-0.4, -0.2) is 35.6 Å². The maximum atomic E-state index is 13.5. The summed E-state index contributed by atoms with van der Waals surface area (Å²) < 4.78 is 1.68. The van der Waals surface area contributed by atoms with E-state index in [1.807, 2.05) is 82.5 Å². The van der Waals surface area contributed by atoms with Gasteiger partial charge in [-0.25, -0.2) is 9.97 Å². The van der Waals surface area contributed by atoms with Crippen molar-refractivity contribution in [3.63, 3.8) is 0 Å². The molecule has 0 spiro atoms. The molecular weight excluding hydrogens is 452 g/mol. The van der Waals surface area contributed by atoms with Crippen LogP contribution >= 0.6 is 0 Å². The molecule has 5 aromatic rings. The summed E-state index contributed by atoms with van der Waals surface area (Å²) in [6, 6.07) is 15.3. The Morgan fingerprint density at radius 2 is 1.78 bits per heavy atom. The second kappa shape index (κ2) is 8.84. The van der Waals surface area contributed by atoms with E-state index in [-0.39, 0.29) is 11.5 Å². The first-order valence-corrected chi connectivity index (χ1v) is 11.5. The van der Waals surface area contributed by atoms with Crippen LogP contribution in [0.3, 0.4) is 0 Å². The number of nitrogens with zero attached hydrogens (tertiary/aromatic N) is 6. The van der Waals surface area contributed by atoms with Crippen LogP contribution in [0.15, 0.2) is 67.1 Å². The van der Waals surface area contributed by atoms with E-state index in [0.717, 1.165) is 27.7 Å². The number of nitrogens with one attached hydrogen (secondary N) is 1. The molecule has 0 unspecified atom stereocenters. The zero-order chi connectivity index (χ0) is 25.4. The summed E-state index contributed by atoms with van der Waals surface area (Å²) in [7, 11) is 1.82. The average molecular weight is 479 g/mol. The van der Waals surface area contributed by atoms with Gasteiger partial charge in [0.15, 0.2) is 11.5 Å². The van der Waals surface area contributed by atoms with Crippen LogP contribution in [0, 0.1) is 6.92 Å². The van der Waals surface area contributed by atoms with Crippen LogP contribution in [-0.2, 0) is 12.6 Å². The van der Waals surface area contributed by atoms with Crippen molar-refractivity contribution < 1.29 is 4.79 Å². The molecule has 0 fully saturated rings. The number of rotatable bonds is 5. The zero-order valence-corrected chi connectivity index (χ0v) is 20.5. The zero-order valence-electron chi connectivity index (χ0n) is 20.5. The van der Waals surface area contributed by atoms with Gasteiger partial charge in [-0.2, -0.15) is 5.10 Å². The first-order chi connectivity index (χ1) is 17.2. The molecule has 9 nitrogen and oxygen atoms in total. The molecule has 0 saturated heterocycles. The topological polar surface area (TPSA) is 125 Å². The third-order valence-corrected chi connectivity index (χ3v) is 6.00. The van der Waals surface area contributed by atoms with Gasteiger partial charge >= 0.3 is 0 Å². The number of benzene rings is 1. The number of hydrogen-bond donors (Lipinski definition) is 2. The third kappa shape index (κ3) is 4.26.